The van der Waals surface area contributed by atoms with Crippen LogP contribution in [0.25, 0.3) is 56.5 Å². The van der Waals surface area contributed by atoms with Gasteiger partial charge in [0.2, 0.25) is 0 Å². The van der Waals surface area contributed by atoms with Gasteiger partial charge in [-0.25, -0.2) is 19.9 Å². The first-order valence-corrected chi connectivity index (χ1v) is 12.2. The number of para-hydroxylation sites is 2. The van der Waals surface area contributed by atoms with Crippen molar-refractivity contribution in [1.29, 1.82) is 0 Å². The van der Waals surface area contributed by atoms with Gasteiger partial charge in [0.25, 0.3) is 0 Å². The van der Waals surface area contributed by atoms with Crippen molar-refractivity contribution in [2.45, 2.75) is 6.92 Å². The lowest BCUT2D eigenvalue weighted by Gasteiger charge is -2.13. The molecule has 0 radical (unpaired) electrons. The fourth-order valence-corrected chi connectivity index (χ4v) is 4.90. The van der Waals surface area contributed by atoms with E-state index in [0.29, 0.717) is 0 Å². The Labute approximate surface area is 213 Å². The highest BCUT2D eigenvalue weighted by molar-refractivity contribution is 5.84. The maximum Gasteiger partial charge on any atom is 0.164 e. The number of hydrogen-bond donors (Lipinski definition) is 0. The van der Waals surface area contributed by atoms with Crippen LogP contribution in [0, 0.1) is 6.92 Å². The number of imidazole rings is 2. The third-order valence-corrected chi connectivity index (χ3v) is 6.45. The summed E-state index contributed by atoms with van der Waals surface area (Å²) in [6.07, 6.45) is 3.62. The van der Waals surface area contributed by atoms with Crippen LogP contribution in [0.15, 0.2) is 116 Å². The molecule has 0 N–H and O–H groups in total. The Bertz CT molecular complexity index is 1750. The van der Waals surface area contributed by atoms with Gasteiger partial charge in [-0.15, -0.1) is 0 Å². The summed E-state index contributed by atoms with van der Waals surface area (Å²) in [6, 6.07) is 34.8. The Kier molecular flexibility index (Phi) is 4.89. The summed E-state index contributed by atoms with van der Waals surface area (Å²) in [6.45, 7) is 2.11. The van der Waals surface area contributed by atoms with Crippen molar-refractivity contribution in [2.75, 3.05) is 0 Å². The summed E-state index contributed by atoms with van der Waals surface area (Å²) >= 11 is 0. The molecular weight excluding hydrogens is 456 g/mol. The molecule has 7 rings (SSSR count). The van der Waals surface area contributed by atoms with Gasteiger partial charge < -0.3 is 0 Å². The minimum atomic E-state index is 0.826. The monoisotopic (exact) mass is 478 g/mol. The number of hydrogen-bond acceptors (Lipinski definition) is 4. The second-order valence-corrected chi connectivity index (χ2v) is 8.99. The lowest BCUT2D eigenvalue weighted by Crippen LogP contribution is -2.01. The third kappa shape index (κ3) is 3.58. The summed E-state index contributed by atoms with van der Waals surface area (Å²) in [5.41, 5.74) is 8.50. The molecule has 37 heavy (non-hydrogen) atoms. The summed E-state index contributed by atoms with van der Waals surface area (Å²) in [7, 11) is 0. The molecule has 7 aromatic rings. The molecule has 0 aliphatic rings. The fourth-order valence-electron chi connectivity index (χ4n) is 4.90. The van der Waals surface area contributed by atoms with Crippen LogP contribution in [0.5, 0.6) is 0 Å². The first-order chi connectivity index (χ1) is 18.3. The van der Waals surface area contributed by atoms with Crippen molar-refractivity contribution in [3.05, 3.63) is 121 Å². The van der Waals surface area contributed by atoms with E-state index in [1.165, 1.54) is 0 Å². The number of fused-ring (bicyclic) bond motifs is 2. The van der Waals surface area contributed by atoms with Crippen LogP contribution in [-0.2, 0) is 0 Å². The van der Waals surface area contributed by atoms with E-state index in [4.69, 9.17) is 9.97 Å². The van der Waals surface area contributed by atoms with Crippen molar-refractivity contribution < 1.29 is 0 Å². The van der Waals surface area contributed by atoms with Crippen LogP contribution in [0.4, 0.5) is 0 Å². The van der Waals surface area contributed by atoms with Crippen molar-refractivity contribution in [3.8, 4) is 34.2 Å². The largest absolute Gasteiger partial charge is 0.277 e. The molecule has 4 heterocycles. The van der Waals surface area contributed by atoms with Gasteiger partial charge in [0.1, 0.15) is 22.7 Å². The van der Waals surface area contributed by atoms with Gasteiger partial charge in [-0.1, -0.05) is 36.4 Å². The maximum atomic E-state index is 5.02. The van der Waals surface area contributed by atoms with Gasteiger partial charge in [0, 0.05) is 34.9 Å². The molecule has 0 bridgehead atoms. The highest BCUT2D eigenvalue weighted by Gasteiger charge is 2.19. The molecule has 0 spiro atoms. The van der Waals surface area contributed by atoms with Gasteiger partial charge >= 0.3 is 0 Å². The predicted octanol–water partition coefficient (Wildman–Crippen LogP) is 6.80. The minimum absolute atomic E-state index is 0.826. The zero-order valence-electron chi connectivity index (χ0n) is 20.2. The molecule has 0 aliphatic carbocycles. The smallest absolute Gasteiger partial charge is 0.164 e. The van der Waals surface area contributed by atoms with E-state index < -0.39 is 0 Å². The quantitative estimate of drug-likeness (QED) is 0.279. The molecule has 4 aromatic heterocycles. The molecule has 6 heteroatoms. The number of aromatic nitrogens is 6. The molecule has 0 unspecified atom stereocenters. The Hall–Kier alpha value is -5.10. The standard InChI is InChI=1S/C31H22N6/c1-21-18-22(28-34-26-14-8-16-32-30(26)36(28)24-10-4-2-5-11-24)20-23(19-21)29-35-27-15-9-17-33-31(27)37(29)25-12-6-3-7-13-25/h2-20H,1H3. The number of benzene rings is 3. The van der Waals surface area contributed by atoms with Crippen molar-refractivity contribution in [1.82, 2.24) is 29.1 Å². The fraction of sp³-hybridized carbons (Fsp3) is 0.0323. The van der Waals surface area contributed by atoms with E-state index in [9.17, 15) is 0 Å². The molecule has 0 saturated carbocycles. The summed E-state index contributed by atoms with van der Waals surface area (Å²) in [4.78, 5) is 19.4. The zero-order chi connectivity index (χ0) is 24.8. The van der Waals surface area contributed by atoms with Gasteiger partial charge in [0.15, 0.2) is 11.3 Å². The highest BCUT2D eigenvalue weighted by Crippen LogP contribution is 2.33. The van der Waals surface area contributed by atoms with Crippen LogP contribution in [-0.4, -0.2) is 29.1 Å². The molecule has 0 amide bonds. The average molecular weight is 479 g/mol. The lowest BCUT2D eigenvalue weighted by molar-refractivity contribution is 1.07. The van der Waals surface area contributed by atoms with Gasteiger partial charge in [-0.3, -0.25) is 9.13 Å². The van der Waals surface area contributed by atoms with Gasteiger partial charge in [-0.05, 0) is 79.2 Å². The molecule has 0 aliphatic heterocycles. The first kappa shape index (κ1) is 21.2. The average Bonchev–Trinajstić information content (AvgIpc) is 3.53. The SMILES string of the molecule is Cc1cc(-c2nc3cccnc3n2-c2ccccc2)cc(-c2nc3cccnc3n2-c2ccccc2)c1. The summed E-state index contributed by atoms with van der Waals surface area (Å²) < 4.78 is 4.24. The van der Waals surface area contributed by atoms with E-state index in [1.807, 2.05) is 73.1 Å². The minimum Gasteiger partial charge on any atom is -0.277 e. The molecule has 6 nitrogen and oxygen atoms in total. The first-order valence-electron chi connectivity index (χ1n) is 12.2. The number of aryl methyl sites for hydroxylation is 1. The van der Waals surface area contributed by atoms with E-state index in [0.717, 1.165) is 62.0 Å². The van der Waals surface area contributed by atoms with Crippen LogP contribution < -0.4 is 0 Å². The Morgan fingerprint density at radius 3 is 1.43 bits per heavy atom. The molecule has 0 atom stereocenters. The van der Waals surface area contributed by atoms with Crippen molar-refractivity contribution in [3.63, 3.8) is 0 Å². The number of rotatable bonds is 4. The second kappa shape index (κ2) is 8.53. The summed E-state index contributed by atoms with van der Waals surface area (Å²) in [5.74, 6) is 1.68. The van der Waals surface area contributed by atoms with Crippen molar-refractivity contribution in [2.24, 2.45) is 0 Å². The molecule has 0 saturated heterocycles. The number of nitrogens with zero attached hydrogens (tertiary/aromatic N) is 6. The predicted molar refractivity (Wildman–Crippen MR) is 147 cm³/mol. The van der Waals surface area contributed by atoms with Crippen LogP contribution in [0.3, 0.4) is 0 Å². The van der Waals surface area contributed by atoms with Crippen LogP contribution in [0.2, 0.25) is 0 Å². The lowest BCUT2D eigenvalue weighted by atomic mass is 10.0. The zero-order valence-corrected chi connectivity index (χ0v) is 20.2. The van der Waals surface area contributed by atoms with Crippen LogP contribution >= 0.6 is 0 Å². The summed E-state index contributed by atoms with van der Waals surface area (Å²) in [5, 5.41) is 0. The maximum absolute atomic E-state index is 5.02. The molecular formula is C31H22N6. The third-order valence-electron chi connectivity index (χ3n) is 6.45. The van der Waals surface area contributed by atoms with Gasteiger partial charge in [0.05, 0.1) is 0 Å². The second-order valence-electron chi connectivity index (χ2n) is 8.99. The van der Waals surface area contributed by atoms with Crippen LogP contribution in [0.1, 0.15) is 5.56 Å². The topological polar surface area (TPSA) is 61.4 Å². The van der Waals surface area contributed by atoms with E-state index >= 15 is 0 Å². The Morgan fingerprint density at radius 1 is 0.514 bits per heavy atom. The van der Waals surface area contributed by atoms with Crippen molar-refractivity contribution >= 4 is 22.3 Å². The van der Waals surface area contributed by atoms with Gasteiger partial charge in [-0.2, -0.15) is 0 Å². The van der Waals surface area contributed by atoms with E-state index in [1.54, 1.807) is 0 Å². The highest BCUT2D eigenvalue weighted by atomic mass is 15.1. The number of pyridine rings is 2. The van der Waals surface area contributed by atoms with E-state index in [-0.39, 0.29) is 0 Å². The van der Waals surface area contributed by atoms with E-state index in [2.05, 4.69) is 68.5 Å². The Balaban J connectivity index is 1.49. The molecule has 0 fully saturated rings. The molecule has 3 aromatic carbocycles. The molecule has 176 valence electrons. The normalized spacial score (nSPS) is 11.4. The Morgan fingerprint density at radius 2 is 0.973 bits per heavy atom.